The number of nitrogens with one attached hydrogen (secondary N) is 1. The van der Waals surface area contributed by atoms with Gasteiger partial charge in [0.2, 0.25) is 5.91 Å². The zero-order chi connectivity index (χ0) is 10.4. The van der Waals surface area contributed by atoms with E-state index in [9.17, 15) is 4.79 Å². The number of hydroxylamine groups is 1. The first-order valence-corrected chi connectivity index (χ1v) is 4.61. The van der Waals surface area contributed by atoms with E-state index in [1.165, 1.54) is 0 Å². The summed E-state index contributed by atoms with van der Waals surface area (Å²) >= 11 is 0. The van der Waals surface area contributed by atoms with Crippen LogP contribution in [0.3, 0.4) is 0 Å². The van der Waals surface area contributed by atoms with Crippen molar-refractivity contribution in [2.75, 3.05) is 39.9 Å². The average molecular weight is 203 g/mol. The van der Waals surface area contributed by atoms with Crippen LogP contribution in [0.4, 0.5) is 0 Å². The van der Waals surface area contributed by atoms with Crippen LogP contribution in [-0.4, -0.2) is 56.8 Å². The minimum Gasteiger partial charge on any atom is -0.374 e. The molecule has 1 rings (SSSR count). The molecule has 0 aromatic carbocycles. The summed E-state index contributed by atoms with van der Waals surface area (Å²) in [4.78, 5) is 17.3. The van der Waals surface area contributed by atoms with Crippen LogP contribution in [0.25, 0.3) is 0 Å². The van der Waals surface area contributed by atoms with Gasteiger partial charge in [-0.05, 0) is 7.05 Å². The van der Waals surface area contributed by atoms with Crippen molar-refractivity contribution in [2.45, 2.75) is 6.10 Å². The first-order chi connectivity index (χ1) is 6.68. The summed E-state index contributed by atoms with van der Waals surface area (Å²) in [5.74, 6) is -0.487. The van der Waals surface area contributed by atoms with Gasteiger partial charge in [0.15, 0.2) is 0 Å². The fourth-order valence-electron chi connectivity index (χ4n) is 1.26. The molecule has 82 valence electrons. The van der Waals surface area contributed by atoms with Gasteiger partial charge in [0, 0.05) is 19.6 Å². The lowest BCUT2D eigenvalue weighted by Gasteiger charge is -2.29. The van der Waals surface area contributed by atoms with Gasteiger partial charge in [-0.2, -0.15) is 5.48 Å². The van der Waals surface area contributed by atoms with Crippen LogP contribution < -0.4 is 11.2 Å². The quantitative estimate of drug-likeness (QED) is 0.412. The maximum atomic E-state index is 10.3. The molecular formula is C8H17N3O3. The number of morpholine rings is 1. The molecule has 1 aliphatic rings. The van der Waals surface area contributed by atoms with E-state index < -0.39 is 5.91 Å². The molecular weight excluding hydrogens is 186 g/mol. The molecule has 0 saturated carbocycles. The third-order valence-corrected chi connectivity index (χ3v) is 1.97. The van der Waals surface area contributed by atoms with E-state index in [1.54, 1.807) is 0 Å². The second-order valence-corrected chi connectivity index (χ2v) is 3.36. The van der Waals surface area contributed by atoms with E-state index in [-0.39, 0.29) is 12.7 Å². The number of carbonyl (C=O) groups excluding carboxylic acids is 1. The molecule has 6 heteroatoms. The summed E-state index contributed by atoms with van der Waals surface area (Å²) in [7, 11) is 2.04. The molecule has 14 heavy (non-hydrogen) atoms. The van der Waals surface area contributed by atoms with Crippen LogP contribution in [0.5, 0.6) is 0 Å². The topological polar surface area (TPSA) is 76.8 Å². The maximum absolute atomic E-state index is 10.3. The first-order valence-electron chi connectivity index (χ1n) is 4.61. The van der Waals surface area contributed by atoms with Crippen LogP contribution in [0.15, 0.2) is 0 Å². The van der Waals surface area contributed by atoms with Crippen molar-refractivity contribution in [3.63, 3.8) is 0 Å². The van der Waals surface area contributed by atoms with Crippen LogP contribution >= 0.6 is 0 Å². The normalized spacial score (nSPS) is 23.6. The molecule has 1 unspecified atom stereocenters. The zero-order valence-electron chi connectivity index (χ0n) is 8.36. The standard InChI is InChI=1S/C8H17N3O3/c1-11-2-3-13-7(5-11)4-10-14-6-8(9)12/h7,10H,2-6H2,1H3,(H2,9,12). The van der Waals surface area contributed by atoms with Gasteiger partial charge in [-0.25, -0.2) is 0 Å². The van der Waals surface area contributed by atoms with Gasteiger partial charge in [0.25, 0.3) is 0 Å². The molecule has 1 amide bonds. The fraction of sp³-hybridized carbons (Fsp3) is 0.875. The molecule has 1 saturated heterocycles. The summed E-state index contributed by atoms with van der Waals surface area (Å²) in [5.41, 5.74) is 7.54. The third kappa shape index (κ3) is 4.52. The molecule has 0 bridgehead atoms. The van der Waals surface area contributed by atoms with Gasteiger partial charge >= 0.3 is 0 Å². The first kappa shape index (κ1) is 11.4. The smallest absolute Gasteiger partial charge is 0.245 e. The summed E-state index contributed by atoms with van der Waals surface area (Å²) in [6, 6.07) is 0. The Morgan fingerprint density at radius 3 is 3.21 bits per heavy atom. The highest BCUT2D eigenvalue weighted by molar-refractivity contribution is 5.74. The minimum absolute atomic E-state index is 0.109. The second-order valence-electron chi connectivity index (χ2n) is 3.36. The van der Waals surface area contributed by atoms with E-state index in [4.69, 9.17) is 15.3 Å². The van der Waals surface area contributed by atoms with E-state index in [2.05, 4.69) is 10.4 Å². The third-order valence-electron chi connectivity index (χ3n) is 1.97. The molecule has 1 atom stereocenters. The Balaban J connectivity index is 2.03. The Kier molecular flexibility index (Phi) is 4.81. The Bertz CT molecular complexity index is 189. The molecule has 0 spiro atoms. The Morgan fingerprint density at radius 1 is 1.79 bits per heavy atom. The van der Waals surface area contributed by atoms with Crippen LogP contribution in [0.2, 0.25) is 0 Å². The van der Waals surface area contributed by atoms with Crippen LogP contribution in [0, 0.1) is 0 Å². The maximum Gasteiger partial charge on any atom is 0.245 e. The van der Waals surface area contributed by atoms with E-state index in [1.807, 2.05) is 7.05 Å². The van der Waals surface area contributed by atoms with E-state index >= 15 is 0 Å². The lowest BCUT2D eigenvalue weighted by atomic mass is 10.3. The number of carbonyl (C=O) groups is 1. The van der Waals surface area contributed by atoms with Crippen molar-refractivity contribution in [2.24, 2.45) is 5.73 Å². The van der Waals surface area contributed by atoms with Gasteiger partial charge < -0.3 is 15.4 Å². The molecule has 0 aromatic rings. The number of nitrogens with two attached hydrogens (primary N) is 1. The monoisotopic (exact) mass is 203 g/mol. The highest BCUT2D eigenvalue weighted by atomic mass is 16.6. The number of nitrogens with zero attached hydrogens (tertiary/aromatic N) is 1. The van der Waals surface area contributed by atoms with Crippen molar-refractivity contribution in [1.29, 1.82) is 0 Å². The van der Waals surface area contributed by atoms with E-state index in [0.717, 1.165) is 19.7 Å². The molecule has 0 radical (unpaired) electrons. The van der Waals surface area contributed by atoms with Gasteiger partial charge in [-0.15, -0.1) is 0 Å². The van der Waals surface area contributed by atoms with Crippen molar-refractivity contribution in [3.8, 4) is 0 Å². The van der Waals surface area contributed by atoms with Gasteiger partial charge in [-0.1, -0.05) is 0 Å². The summed E-state index contributed by atoms with van der Waals surface area (Å²) < 4.78 is 5.46. The summed E-state index contributed by atoms with van der Waals surface area (Å²) in [5, 5.41) is 0. The highest BCUT2D eigenvalue weighted by Gasteiger charge is 2.16. The summed E-state index contributed by atoms with van der Waals surface area (Å²) in [6.45, 7) is 3.02. The molecule has 6 nitrogen and oxygen atoms in total. The number of hydrogen-bond donors (Lipinski definition) is 2. The number of likely N-dealkylation sites (N-methyl/N-ethyl adjacent to an activating group) is 1. The zero-order valence-corrected chi connectivity index (χ0v) is 8.36. The molecule has 3 N–H and O–H groups in total. The van der Waals surface area contributed by atoms with Gasteiger partial charge in [0.05, 0.1) is 12.7 Å². The highest BCUT2D eigenvalue weighted by Crippen LogP contribution is 2.01. The predicted molar refractivity (Wildman–Crippen MR) is 50.4 cm³/mol. The Morgan fingerprint density at radius 2 is 2.57 bits per heavy atom. The van der Waals surface area contributed by atoms with Crippen LogP contribution in [-0.2, 0) is 14.4 Å². The lowest BCUT2D eigenvalue weighted by molar-refractivity contribution is -0.126. The van der Waals surface area contributed by atoms with Gasteiger partial charge in [0.1, 0.15) is 6.61 Å². The number of rotatable bonds is 5. The number of ether oxygens (including phenoxy) is 1. The SMILES string of the molecule is CN1CCOC(CNOCC(N)=O)C1. The molecule has 1 heterocycles. The molecule has 1 fully saturated rings. The number of hydrogen-bond acceptors (Lipinski definition) is 5. The largest absolute Gasteiger partial charge is 0.374 e. The van der Waals surface area contributed by atoms with E-state index in [0.29, 0.717) is 6.54 Å². The Labute approximate surface area is 83.3 Å². The Hall–Kier alpha value is -0.690. The van der Waals surface area contributed by atoms with Crippen molar-refractivity contribution < 1.29 is 14.4 Å². The van der Waals surface area contributed by atoms with Crippen molar-refractivity contribution in [1.82, 2.24) is 10.4 Å². The minimum atomic E-state index is -0.487. The lowest BCUT2D eigenvalue weighted by Crippen LogP contribution is -2.45. The number of amides is 1. The molecule has 0 aromatic heterocycles. The van der Waals surface area contributed by atoms with Crippen molar-refractivity contribution in [3.05, 3.63) is 0 Å². The average Bonchev–Trinajstić information content (AvgIpc) is 2.12. The second kappa shape index (κ2) is 5.92. The molecule has 1 aliphatic heterocycles. The predicted octanol–water partition coefficient (Wildman–Crippen LogP) is -1.68. The van der Waals surface area contributed by atoms with Crippen LogP contribution in [0.1, 0.15) is 0 Å². The number of primary amides is 1. The van der Waals surface area contributed by atoms with Crippen molar-refractivity contribution >= 4 is 5.91 Å². The molecule has 0 aliphatic carbocycles. The fourth-order valence-corrected chi connectivity index (χ4v) is 1.26. The van der Waals surface area contributed by atoms with Gasteiger partial charge in [-0.3, -0.25) is 9.63 Å². The summed E-state index contributed by atoms with van der Waals surface area (Å²) in [6.07, 6.45) is 0.113.